The van der Waals surface area contributed by atoms with E-state index in [1.165, 1.54) is 23.1 Å². The van der Waals surface area contributed by atoms with Crippen LogP contribution < -0.4 is 15.4 Å². The first-order chi connectivity index (χ1) is 14.3. The van der Waals surface area contributed by atoms with Gasteiger partial charge in [0.2, 0.25) is 11.8 Å². The molecule has 1 heterocycles. The molecule has 0 bridgehead atoms. The fourth-order valence-corrected chi connectivity index (χ4v) is 4.24. The summed E-state index contributed by atoms with van der Waals surface area (Å²) in [6, 6.07) is 7.09. The Balaban J connectivity index is 1.83. The van der Waals surface area contributed by atoms with Crippen molar-refractivity contribution in [1.82, 2.24) is 0 Å². The number of ether oxygens (including phenoxy) is 2. The van der Waals surface area contributed by atoms with E-state index in [0.717, 1.165) is 16.2 Å². The highest BCUT2D eigenvalue weighted by molar-refractivity contribution is 8.00. The van der Waals surface area contributed by atoms with Crippen molar-refractivity contribution in [3.63, 3.8) is 0 Å². The Morgan fingerprint density at radius 3 is 2.20 bits per heavy atom. The Morgan fingerprint density at radius 2 is 1.60 bits per heavy atom. The van der Waals surface area contributed by atoms with Crippen LogP contribution in [-0.2, 0) is 14.3 Å². The zero-order valence-corrected chi connectivity index (χ0v) is 19.1. The van der Waals surface area contributed by atoms with Gasteiger partial charge in [-0.15, -0.1) is 23.1 Å². The largest absolute Gasteiger partial charge is 0.494 e. The second kappa shape index (κ2) is 11.6. The summed E-state index contributed by atoms with van der Waals surface area (Å²) in [6.07, 6.45) is 0. The normalized spacial score (nSPS) is 10.4. The molecule has 0 aliphatic carbocycles. The van der Waals surface area contributed by atoms with E-state index in [2.05, 4.69) is 10.6 Å². The summed E-state index contributed by atoms with van der Waals surface area (Å²) in [4.78, 5) is 37.5. The quantitative estimate of drug-likeness (QED) is 0.526. The van der Waals surface area contributed by atoms with Gasteiger partial charge in [0.25, 0.3) is 0 Å². The van der Waals surface area contributed by atoms with E-state index in [9.17, 15) is 14.4 Å². The molecular weight excluding hydrogens is 424 g/mol. The van der Waals surface area contributed by atoms with Gasteiger partial charge in [0.05, 0.1) is 30.3 Å². The minimum absolute atomic E-state index is 0.0922. The molecule has 0 aliphatic heterocycles. The van der Waals surface area contributed by atoms with Gasteiger partial charge in [-0.05, 0) is 57.5 Å². The molecule has 0 unspecified atom stereocenters. The summed E-state index contributed by atoms with van der Waals surface area (Å²) in [5.41, 5.74) is 1.86. The Morgan fingerprint density at radius 1 is 0.967 bits per heavy atom. The molecule has 0 saturated heterocycles. The summed E-state index contributed by atoms with van der Waals surface area (Å²) in [6.45, 7) is 8.20. The maximum Gasteiger partial charge on any atom is 0.341 e. The summed E-state index contributed by atoms with van der Waals surface area (Å²) in [5, 5.41) is 6.02. The Hall–Kier alpha value is -2.52. The monoisotopic (exact) mass is 450 g/mol. The van der Waals surface area contributed by atoms with Gasteiger partial charge < -0.3 is 20.1 Å². The first-order valence-corrected chi connectivity index (χ1v) is 11.5. The second-order valence-corrected chi connectivity index (χ2v) is 8.46. The van der Waals surface area contributed by atoms with Crippen molar-refractivity contribution in [2.45, 2.75) is 27.7 Å². The van der Waals surface area contributed by atoms with Gasteiger partial charge in [-0.25, -0.2) is 4.79 Å². The molecule has 0 fully saturated rings. The number of nitrogens with one attached hydrogen (secondary N) is 2. The lowest BCUT2D eigenvalue weighted by Crippen LogP contribution is -2.19. The highest BCUT2D eigenvalue weighted by atomic mass is 32.2. The molecule has 0 spiro atoms. The average molecular weight is 451 g/mol. The van der Waals surface area contributed by atoms with E-state index in [4.69, 9.17) is 9.47 Å². The third-order valence-electron chi connectivity index (χ3n) is 4.03. The molecule has 2 amide bonds. The van der Waals surface area contributed by atoms with E-state index in [1.807, 2.05) is 20.8 Å². The predicted molar refractivity (Wildman–Crippen MR) is 122 cm³/mol. The molecule has 0 saturated carbocycles. The van der Waals surface area contributed by atoms with E-state index >= 15 is 0 Å². The van der Waals surface area contributed by atoms with Crippen molar-refractivity contribution in [2.24, 2.45) is 0 Å². The molecule has 0 radical (unpaired) electrons. The van der Waals surface area contributed by atoms with Gasteiger partial charge in [-0.2, -0.15) is 0 Å². The number of hydrogen-bond donors (Lipinski definition) is 2. The van der Waals surface area contributed by atoms with Crippen molar-refractivity contribution in [1.29, 1.82) is 0 Å². The molecule has 0 atom stereocenters. The van der Waals surface area contributed by atoms with Gasteiger partial charge in [0, 0.05) is 10.6 Å². The molecule has 2 aromatic rings. The molecular formula is C21H26N2O5S2. The minimum atomic E-state index is -0.447. The minimum Gasteiger partial charge on any atom is -0.494 e. The number of anilines is 2. The van der Waals surface area contributed by atoms with E-state index < -0.39 is 5.97 Å². The van der Waals surface area contributed by atoms with Gasteiger partial charge in [-0.3, -0.25) is 9.59 Å². The van der Waals surface area contributed by atoms with Crippen molar-refractivity contribution >= 4 is 51.6 Å². The predicted octanol–water partition coefficient (Wildman–Crippen LogP) is 4.25. The molecule has 0 aliphatic rings. The fraction of sp³-hybridized carbons (Fsp3) is 0.381. The summed E-state index contributed by atoms with van der Waals surface area (Å²) in [7, 11) is 0. The van der Waals surface area contributed by atoms with Crippen molar-refractivity contribution in [3.8, 4) is 5.75 Å². The highest BCUT2D eigenvalue weighted by Crippen LogP contribution is 2.33. The first-order valence-electron chi connectivity index (χ1n) is 9.53. The number of carbonyl (C=O) groups is 3. The topological polar surface area (TPSA) is 93.7 Å². The van der Waals surface area contributed by atoms with Gasteiger partial charge >= 0.3 is 5.97 Å². The van der Waals surface area contributed by atoms with Crippen LogP contribution in [0.3, 0.4) is 0 Å². The van der Waals surface area contributed by atoms with E-state index in [0.29, 0.717) is 22.9 Å². The molecule has 7 nitrogen and oxygen atoms in total. The maximum absolute atomic E-state index is 12.3. The van der Waals surface area contributed by atoms with Crippen LogP contribution in [0.2, 0.25) is 0 Å². The summed E-state index contributed by atoms with van der Waals surface area (Å²) >= 11 is 2.53. The number of hydrogen-bond acceptors (Lipinski definition) is 7. The number of amides is 2. The van der Waals surface area contributed by atoms with Gasteiger partial charge in [-0.1, -0.05) is 0 Å². The maximum atomic E-state index is 12.3. The molecule has 9 heteroatoms. The standard InChI is InChI=1S/C21H26N2O5S2/c1-5-27-16-9-7-15(8-10-16)22-17(24)11-29-12-18(25)23-20-19(21(26)28-6-2)13(3)14(4)30-20/h7-10H,5-6,11-12H2,1-4H3,(H,22,24)(H,23,25). The van der Waals surface area contributed by atoms with Crippen LogP contribution in [0.25, 0.3) is 0 Å². The molecule has 30 heavy (non-hydrogen) atoms. The lowest BCUT2D eigenvalue weighted by Gasteiger charge is -2.08. The van der Waals surface area contributed by atoms with Crippen LogP contribution >= 0.6 is 23.1 Å². The van der Waals surface area contributed by atoms with Crippen LogP contribution in [0.5, 0.6) is 5.75 Å². The Kier molecular flexibility index (Phi) is 9.19. The fourth-order valence-electron chi connectivity index (χ4n) is 2.56. The first kappa shape index (κ1) is 23.8. The van der Waals surface area contributed by atoms with Crippen LogP contribution in [0.15, 0.2) is 24.3 Å². The third-order valence-corrected chi connectivity index (χ3v) is 6.09. The smallest absolute Gasteiger partial charge is 0.341 e. The third kappa shape index (κ3) is 6.77. The van der Waals surface area contributed by atoms with Crippen LogP contribution in [0.1, 0.15) is 34.6 Å². The molecule has 162 valence electrons. The number of aryl methyl sites for hydroxylation is 1. The Labute approximate surface area is 184 Å². The lowest BCUT2D eigenvalue weighted by molar-refractivity contribution is -0.114. The van der Waals surface area contributed by atoms with Crippen LogP contribution in [-0.4, -0.2) is 42.5 Å². The molecule has 2 rings (SSSR count). The van der Waals surface area contributed by atoms with Gasteiger partial charge in [0.15, 0.2) is 0 Å². The van der Waals surface area contributed by atoms with Gasteiger partial charge in [0.1, 0.15) is 10.8 Å². The number of carbonyl (C=O) groups excluding carboxylic acids is 3. The van der Waals surface area contributed by atoms with Crippen molar-refractivity contribution in [3.05, 3.63) is 40.3 Å². The number of benzene rings is 1. The molecule has 1 aromatic heterocycles. The SMILES string of the molecule is CCOC(=O)c1c(NC(=O)CSCC(=O)Nc2ccc(OCC)cc2)sc(C)c1C. The zero-order valence-electron chi connectivity index (χ0n) is 17.5. The number of thioether (sulfide) groups is 1. The Bertz CT molecular complexity index is 894. The van der Waals surface area contributed by atoms with E-state index in [1.54, 1.807) is 31.2 Å². The molecule has 1 aromatic carbocycles. The summed E-state index contributed by atoms with van der Waals surface area (Å²) < 4.78 is 10.4. The molecule has 2 N–H and O–H groups in total. The average Bonchev–Trinajstić information content (AvgIpc) is 2.97. The number of thiophene rings is 1. The summed E-state index contributed by atoms with van der Waals surface area (Å²) in [5.74, 6) is 0.0375. The second-order valence-electron chi connectivity index (χ2n) is 6.25. The van der Waals surface area contributed by atoms with Crippen molar-refractivity contribution < 1.29 is 23.9 Å². The lowest BCUT2D eigenvalue weighted by atomic mass is 10.1. The van der Waals surface area contributed by atoms with E-state index in [-0.39, 0.29) is 29.9 Å². The zero-order chi connectivity index (χ0) is 22.1. The van der Waals surface area contributed by atoms with Crippen LogP contribution in [0.4, 0.5) is 10.7 Å². The van der Waals surface area contributed by atoms with Crippen molar-refractivity contribution in [2.75, 3.05) is 35.4 Å². The number of rotatable bonds is 10. The van der Waals surface area contributed by atoms with Crippen LogP contribution in [0, 0.1) is 13.8 Å². The number of esters is 1. The highest BCUT2D eigenvalue weighted by Gasteiger charge is 2.22.